The number of aliphatic hydroxyl groups is 1. The van der Waals surface area contributed by atoms with Crippen molar-refractivity contribution in [2.75, 3.05) is 31.1 Å². The Balaban J connectivity index is 1.74. The largest absolute Gasteiger partial charge is 0.395 e. The van der Waals surface area contributed by atoms with Crippen LogP contribution in [0.3, 0.4) is 0 Å². The average Bonchev–Trinajstić information content (AvgIpc) is 3.16. The van der Waals surface area contributed by atoms with Gasteiger partial charge in [0.1, 0.15) is 5.82 Å². The molecule has 22 heavy (non-hydrogen) atoms. The van der Waals surface area contributed by atoms with E-state index in [2.05, 4.69) is 9.80 Å². The van der Waals surface area contributed by atoms with E-state index >= 15 is 0 Å². The maximum Gasteiger partial charge on any atom is 0.147 e. The molecule has 0 saturated carbocycles. The van der Waals surface area contributed by atoms with E-state index in [-0.39, 0.29) is 24.5 Å². The van der Waals surface area contributed by atoms with Crippen molar-refractivity contribution in [1.29, 1.82) is 5.26 Å². The lowest BCUT2D eigenvalue weighted by atomic mass is 10.1. The summed E-state index contributed by atoms with van der Waals surface area (Å²) < 4.78 is 14.3. The van der Waals surface area contributed by atoms with E-state index in [0.29, 0.717) is 11.3 Å². The number of rotatable bonds is 4. The zero-order valence-corrected chi connectivity index (χ0v) is 12.7. The molecule has 0 aromatic heterocycles. The van der Waals surface area contributed by atoms with Gasteiger partial charge in [-0.3, -0.25) is 4.90 Å². The Morgan fingerprint density at radius 3 is 2.73 bits per heavy atom. The summed E-state index contributed by atoms with van der Waals surface area (Å²) in [6, 6.07) is 7.24. The lowest BCUT2D eigenvalue weighted by Crippen LogP contribution is -2.43. The molecule has 1 aromatic rings. The van der Waals surface area contributed by atoms with Gasteiger partial charge in [0.2, 0.25) is 0 Å². The number of benzene rings is 1. The molecule has 3 rings (SSSR count). The summed E-state index contributed by atoms with van der Waals surface area (Å²) in [7, 11) is 0. The lowest BCUT2D eigenvalue weighted by Gasteiger charge is -2.32. The maximum atomic E-state index is 14.3. The second-order valence-corrected chi connectivity index (χ2v) is 6.24. The predicted molar refractivity (Wildman–Crippen MR) is 83.2 cm³/mol. The minimum atomic E-state index is -0.314. The topological polar surface area (TPSA) is 50.5 Å². The number of hydrogen-bond acceptors (Lipinski definition) is 4. The number of anilines is 1. The number of likely N-dealkylation sites (tertiary alicyclic amines) is 1. The van der Waals surface area contributed by atoms with Crippen LogP contribution in [0.5, 0.6) is 0 Å². The Kier molecular flexibility index (Phi) is 4.60. The fourth-order valence-corrected chi connectivity index (χ4v) is 3.76. The quantitative estimate of drug-likeness (QED) is 0.926. The Morgan fingerprint density at radius 1 is 1.23 bits per heavy atom. The minimum absolute atomic E-state index is 0.206. The second kappa shape index (κ2) is 6.64. The first-order chi connectivity index (χ1) is 10.7. The van der Waals surface area contributed by atoms with E-state index in [9.17, 15) is 9.50 Å². The molecular weight excluding hydrogens is 281 g/mol. The summed E-state index contributed by atoms with van der Waals surface area (Å²) in [5.41, 5.74) is 0.957. The van der Waals surface area contributed by atoms with Gasteiger partial charge >= 0.3 is 0 Å². The number of aliphatic hydroxyl groups excluding tert-OH is 1. The highest BCUT2D eigenvalue weighted by Crippen LogP contribution is 2.30. The SMILES string of the molecule is N#Cc1ccc(N2CCCC2CN2CCCC2CO)c(F)c1. The number of hydrogen-bond donors (Lipinski definition) is 1. The maximum absolute atomic E-state index is 14.3. The number of nitriles is 1. The van der Waals surface area contributed by atoms with Gasteiger partial charge in [-0.05, 0) is 50.4 Å². The van der Waals surface area contributed by atoms with Gasteiger partial charge in [-0.25, -0.2) is 4.39 Å². The molecule has 2 fully saturated rings. The van der Waals surface area contributed by atoms with Crippen molar-refractivity contribution in [3.05, 3.63) is 29.6 Å². The van der Waals surface area contributed by atoms with E-state index < -0.39 is 0 Å². The van der Waals surface area contributed by atoms with Crippen molar-refractivity contribution in [1.82, 2.24) is 4.90 Å². The summed E-state index contributed by atoms with van der Waals surface area (Å²) >= 11 is 0. The van der Waals surface area contributed by atoms with Gasteiger partial charge in [0.15, 0.2) is 0 Å². The molecule has 4 nitrogen and oxygen atoms in total. The highest BCUT2D eigenvalue weighted by Gasteiger charge is 2.32. The van der Waals surface area contributed by atoms with Crippen molar-refractivity contribution in [2.24, 2.45) is 0 Å². The molecule has 1 aromatic carbocycles. The van der Waals surface area contributed by atoms with Gasteiger partial charge < -0.3 is 10.0 Å². The summed E-state index contributed by atoms with van der Waals surface area (Å²) in [6.07, 6.45) is 4.29. The van der Waals surface area contributed by atoms with Crippen molar-refractivity contribution in [2.45, 2.75) is 37.8 Å². The van der Waals surface area contributed by atoms with Crippen LogP contribution < -0.4 is 4.90 Å². The summed E-state index contributed by atoms with van der Waals surface area (Å²) in [5, 5.41) is 18.3. The van der Waals surface area contributed by atoms with Crippen LogP contribution in [0.2, 0.25) is 0 Å². The summed E-state index contributed by atoms with van der Waals surface area (Å²) in [4.78, 5) is 4.47. The van der Waals surface area contributed by atoms with Crippen LogP contribution in [-0.4, -0.2) is 48.3 Å². The third kappa shape index (κ3) is 2.94. The molecule has 2 atom stereocenters. The molecule has 1 N–H and O–H groups in total. The summed E-state index contributed by atoms with van der Waals surface area (Å²) in [6.45, 7) is 2.96. The van der Waals surface area contributed by atoms with Crippen molar-refractivity contribution in [3.63, 3.8) is 0 Å². The molecule has 118 valence electrons. The van der Waals surface area contributed by atoms with Crippen LogP contribution >= 0.6 is 0 Å². The van der Waals surface area contributed by atoms with Crippen LogP contribution in [0.1, 0.15) is 31.2 Å². The van der Waals surface area contributed by atoms with Gasteiger partial charge in [0.05, 0.1) is 23.9 Å². The molecule has 0 aliphatic carbocycles. The number of nitrogens with zero attached hydrogens (tertiary/aromatic N) is 3. The third-order valence-electron chi connectivity index (χ3n) is 4.92. The molecule has 0 bridgehead atoms. The van der Waals surface area contributed by atoms with E-state index in [1.807, 2.05) is 6.07 Å². The zero-order chi connectivity index (χ0) is 15.5. The van der Waals surface area contributed by atoms with Crippen LogP contribution in [0.15, 0.2) is 18.2 Å². The highest BCUT2D eigenvalue weighted by atomic mass is 19.1. The Morgan fingerprint density at radius 2 is 2.00 bits per heavy atom. The molecule has 0 radical (unpaired) electrons. The molecule has 5 heteroatoms. The van der Waals surface area contributed by atoms with Crippen LogP contribution in [-0.2, 0) is 0 Å². The Hall–Kier alpha value is -1.64. The zero-order valence-electron chi connectivity index (χ0n) is 12.7. The molecule has 0 amide bonds. The normalized spacial score (nSPS) is 25.6. The molecular formula is C17H22FN3O. The first kappa shape index (κ1) is 15.3. The molecule has 2 aliphatic rings. The van der Waals surface area contributed by atoms with Gasteiger partial charge in [-0.15, -0.1) is 0 Å². The van der Waals surface area contributed by atoms with Crippen molar-refractivity contribution in [3.8, 4) is 6.07 Å². The molecule has 2 saturated heterocycles. The summed E-state index contributed by atoms with van der Waals surface area (Å²) in [5.74, 6) is -0.314. The lowest BCUT2D eigenvalue weighted by molar-refractivity contribution is 0.153. The van der Waals surface area contributed by atoms with Gasteiger partial charge in [-0.2, -0.15) is 5.26 Å². The van der Waals surface area contributed by atoms with Gasteiger partial charge in [0, 0.05) is 25.2 Å². The van der Waals surface area contributed by atoms with Crippen LogP contribution in [0, 0.1) is 17.1 Å². The smallest absolute Gasteiger partial charge is 0.147 e. The molecule has 2 aliphatic heterocycles. The number of halogens is 1. The van der Waals surface area contributed by atoms with Gasteiger partial charge in [-0.1, -0.05) is 0 Å². The van der Waals surface area contributed by atoms with Crippen molar-refractivity contribution >= 4 is 5.69 Å². The fourth-order valence-electron chi connectivity index (χ4n) is 3.76. The molecule has 2 heterocycles. The minimum Gasteiger partial charge on any atom is -0.395 e. The standard InChI is InChI=1S/C17H22FN3O/c18-16-9-13(10-19)5-6-17(16)21-8-2-3-14(21)11-20-7-1-4-15(20)12-22/h5-6,9,14-15,22H,1-4,7-8,11-12H2. The molecule has 2 unspecified atom stereocenters. The van der Waals surface area contributed by atoms with E-state index in [1.54, 1.807) is 12.1 Å². The monoisotopic (exact) mass is 303 g/mol. The first-order valence-electron chi connectivity index (χ1n) is 8.04. The fraction of sp³-hybridized carbons (Fsp3) is 0.588. The Bertz CT molecular complexity index is 572. The first-order valence-corrected chi connectivity index (χ1v) is 8.04. The highest BCUT2D eigenvalue weighted by molar-refractivity contribution is 5.52. The van der Waals surface area contributed by atoms with Crippen LogP contribution in [0.25, 0.3) is 0 Å². The van der Waals surface area contributed by atoms with Crippen molar-refractivity contribution < 1.29 is 9.50 Å². The molecule has 0 spiro atoms. The average molecular weight is 303 g/mol. The predicted octanol–water partition coefficient (Wildman–Crippen LogP) is 2.12. The van der Waals surface area contributed by atoms with Crippen LogP contribution in [0.4, 0.5) is 10.1 Å². The van der Waals surface area contributed by atoms with E-state index in [4.69, 9.17) is 5.26 Å². The Labute approximate surface area is 130 Å². The van der Waals surface area contributed by atoms with Gasteiger partial charge in [0.25, 0.3) is 0 Å². The van der Waals surface area contributed by atoms with E-state index in [1.165, 1.54) is 6.07 Å². The van der Waals surface area contributed by atoms with E-state index in [0.717, 1.165) is 45.3 Å². The third-order valence-corrected chi connectivity index (χ3v) is 4.92. The second-order valence-electron chi connectivity index (χ2n) is 6.24.